The van der Waals surface area contributed by atoms with E-state index in [9.17, 15) is 20.1 Å². The van der Waals surface area contributed by atoms with Crippen LogP contribution in [0.2, 0.25) is 5.04 Å². The summed E-state index contributed by atoms with van der Waals surface area (Å²) in [6.07, 6.45) is -6.90. The molecule has 0 bridgehead atoms. The second-order valence-corrected chi connectivity index (χ2v) is 14.4. The van der Waals surface area contributed by atoms with E-state index in [-0.39, 0.29) is 11.6 Å². The quantitative estimate of drug-likeness (QED) is 0.401. The third-order valence-electron chi connectivity index (χ3n) is 6.27. The average molecular weight is 489 g/mol. The normalized spacial score (nSPS) is 25.9. The zero-order valence-corrected chi connectivity index (χ0v) is 21.4. The summed E-state index contributed by atoms with van der Waals surface area (Å²) in [4.78, 5) is 12.1. The lowest BCUT2D eigenvalue weighted by Crippen LogP contribution is -2.68. The van der Waals surface area contributed by atoms with Gasteiger partial charge >= 0.3 is 5.97 Å². The molecule has 3 N–H and O–H groups in total. The van der Waals surface area contributed by atoms with Gasteiger partial charge in [-0.3, -0.25) is 4.79 Å². The van der Waals surface area contributed by atoms with Crippen molar-refractivity contribution in [1.29, 1.82) is 0 Å². The molecule has 0 aliphatic carbocycles. The van der Waals surface area contributed by atoms with Crippen LogP contribution in [0.3, 0.4) is 0 Å². The Kier molecular flexibility index (Phi) is 8.33. The molecular weight excluding hydrogens is 452 g/mol. The van der Waals surface area contributed by atoms with Crippen LogP contribution < -0.4 is 10.4 Å². The number of hydrogen-bond acceptors (Lipinski definition) is 7. The molecule has 34 heavy (non-hydrogen) atoms. The van der Waals surface area contributed by atoms with Crippen molar-refractivity contribution in [3.63, 3.8) is 0 Å². The SMILES string of the molecule is CC(C)C(=O)O[C@@H]1[C@@H](O)[C@H](O)O[C@H](CO[Si](c2ccccc2)(c2ccccc2)C(C)(C)C)[C@H]1O. The van der Waals surface area contributed by atoms with Gasteiger partial charge in [-0.25, -0.2) is 0 Å². The summed E-state index contributed by atoms with van der Waals surface area (Å²) >= 11 is 0. The first-order valence-corrected chi connectivity index (χ1v) is 13.5. The Hall–Kier alpha value is -2.07. The fourth-order valence-corrected chi connectivity index (χ4v) is 9.00. The predicted molar refractivity (Wildman–Crippen MR) is 131 cm³/mol. The highest BCUT2D eigenvalue weighted by atomic mass is 28.4. The van der Waals surface area contributed by atoms with E-state index in [1.54, 1.807) is 13.8 Å². The molecule has 1 saturated heterocycles. The molecule has 1 fully saturated rings. The number of carbonyl (C=O) groups excluding carboxylic acids is 1. The van der Waals surface area contributed by atoms with E-state index >= 15 is 0 Å². The van der Waals surface area contributed by atoms with Crippen LogP contribution in [0.4, 0.5) is 0 Å². The number of rotatable bonds is 7. The molecule has 0 aromatic heterocycles. The minimum atomic E-state index is -2.92. The van der Waals surface area contributed by atoms with E-state index in [0.29, 0.717) is 0 Å². The topological polar surface area (TPSA) is 105 Å². The Morgan fingerprint density at radius 2 is 1.44 bits per heavy atom. The second kappa shape index (κ2) is 10.7. The molecule has 8 heteroatoms. The molecule has 0 radical (unpaired) electrons. The molecule has 186 valence electrons. The zero-order chi connectivity index (χ0) is 25.1. The van der Waals surface area contributed by atoms with Gasteiger partial charge in [0.25, 0.3) is 8.32 Å². The minimum absolute atomic E-state index is 0.0616. The number of hydrogen-bond donors (Lipinski definition) is 3. The Bertz CT molecular complexity index is 890. The van der Waals surface area contributed by atoms with Gasteiger partial charge < -0.3 is 29.2 Å². The van der Waals surface area contributed by atoms with Crippen molar-refractivity contribution < 1.29 is 34.0 Å². The van der Waals surface area contributed by atoms with Crippen molar-refractivity contribution in [3.05, 3.63) is 60.7 Å². The standard InChI is InChI=1S/C26H36O7Si/c1-17(2)24(29)33-23-21(27)20(32-25(30)22(23)28)16-31-34(26(3,4)5,18-12-8-6-9-13-18)19-14-10-7-11-15-19/h6-15,17,20-23,25,27-28,30H,16H2,1-5H3/t20-,21-,22-,23+,25-/m1/s1. The minimum Gasteiger partial charge on any atom is -0.456 e. The highest BCUT2D eigenvalue weighted by Crippen LogP contribution is 2.37. The number of carbonyl (C=O) groups is 1. The molecule has 3 rings (SSSR count). The Labute approximate surface area is 202 Å². The lowest BCUT2D eigenvalue weighted by molar-refractivity contribution is -0.289. The van der Waals surface area contributed by atoms with Crippen LogP contribution in [0.1, 0.15) is 34.6 Å². The van der Waals surface area contributed by atoms with Crippen LogP contribution in [-0.4, -0.2) is 66.9 Å². The summed E-state index contributed by atoms with van der Waals surface area (Å²) in [5, 5.41) is 33.4. The van der Waals surface area contributed by atoms with Crippen molar-refractivity contribution in [1.82, 2.24) is 0 Å². The summed E-state index contributed by atoms with van der Waals surface area (Å²) in [6, 6.07) is 20.0. The molecule has 0 saturated carbocycles. The first kappa shape index (κ1) is 26.5. The number of esters is 1. The molecule has 2 aromatic carbocycles. The van der Waals surface area contributed by atoms with Crippen LogP contribution in [0, 0.1) is 5.92 Å². The van der Waals surface area contributed by atoms with Gasteiger partial charge in [-0.1, -0.05) is 95.3 Å². The van der Waals surface area contributed by atoms with Crippen LogP contribution in [-0.2, 0) is 18.7 Å². The Morgan fingerprint density at radius 1 is 0.941 bits per heavy atom. The lowest BCUT2D eigenvalue weighted by atomic mass is 9.99. The molecule has 2 aromatic rings. The van der Waals surface area contributed by atoms with E-state index in [2.05, 4.69) is 45.0 Å². The van der Waals surface area contributed by atoms with Gasteiger partial charge in [-0.15, -0.1) is 0 Å². The van der Waals surface area contributed by atoms with Gasteiger partial charge in [0.2, 0.25) is 0 Å². The molecule has 0 unspecified atom stereocenters. The third kappa shape index (κ3) is 5.27. The number of ether oxygens (including phenoxy) is 2. The molecule has 7 nitrogen and oxygen atoms in total. The molecular formula is C26H36O7Si. The summed E-state index contributed by atoms with van der Waals surface area (Å²) in [7, 11) is -2.92. The summed E-state index contributed by atoms with van der Waals surface area (Å²) in [5.41, 5.74) is 0. The maximum Gasteiger partial charge on any atom is 0.308 e. The third-order valence-corrected chi connectivity index (χ3v) is 11.3. The van der Waals surface area contributed by atoms with E-state index in [1.807, 2.05) is 36.4 Å². The highest BCUT2D eigenvalue weighted by molar-refractivity contribution is 6.99. The summed E-state index contributed by atoms with van der Waals surface area (Å²) < 4.78 is 17.6. The zero-order valence-electron chi connectivity index (χ0n) is 20.4. The summed E-state index contributed by atoms with van der Waals surface area (Å²) in [5.74, 6) is -1.03. The Morgan fingerprint density at radius 3 is 1.88 bits per heavy atom. The van der Waals surface area contributed by atoms with Crippen molar-refractivity contribution in [2.75, 3.05) is 6.61 Å². The average Bonchev–Trinajstić information content (AvgIpc) is 2.80. The van der Waals surface area contributed by atoms with E-state index < -0.39 is 50.9 Å². The number of benzene rings is 2. The van der Waals surface area contributed by atoms with Gasteiger partial charge in [0.05, 0.1) is 12.5 Å². The van der Waals surface area contributed by atoms with E-state index in [1.165, 1.54) is 0 Å². The van der Waals surface area contributed by atoms with Crippen LogP contribution in [0.15, 0.2) is 60.7 Å². The highest BCUT2D eigenvalue weighted by Gasteiger charge is 2.52. The maximum atomic E-state index is 12.1. The molecule has 1 aliphatic rings. The van der Waals surface area contributed by atoms with Crippen molar-refractivity contribution in [3.8, 4) is 0 Å². The number of aliphatic hydroxyl groups is 3. The van der Waals surface area contributed by atoms with Gasteiger partial charge in [0, 0.05) is 0 Å². The fourth-order valence-electron chi connectivity index (χ4n) is 4.43. The molecule has 0 spiro atoms. The molecule has 0 amide bonds. The van der Waals surface area contributed by atoms with Crippen LogP contribution in [0.5, 0.6) is 0 Å². The number of aliphatic hydroxyl groups excluding tert-OH is 3. The maximum absolute atomic E-state index is 12.1. The first-order chi connectivity index (χ1) is 16.0. The fraction of sp³-hybridized carbons (Fsp3) is 0.500. The second-order valence-electron chi connectivity index (χ2n) is 10.1. The van der Waals surface area contributed by atoms with Gasteiger partial charge in [-0.2, -0.15) is 0 Å². The largest absolute Gasteiger partial charge is 0.456 e. The van der Waals surface area contributed by atoms with E-state index in [0.717, 1.165) is 10.4 Å². The van der Waals surface area contributed by atoms with Crippen molar-refractivity contribution in [2.24, 2.45) is 5.92 Å². The Balaban J connectivity index is 1.96. The summed E-state index contributed by atoms with van der Waals surface area (Å²) in [6.45, 7) is 9.63. The van der Waals surface area contributed by atoms with Gasteiger partial charge in [-0.05, 0) is 15.4 Å². The monoisotopic (exact) mass is 488 g/mol. The predicted octanol–water partition coefficient (Wildman–Crippen LogP) is 1.57. The first-order valence-electron chi connectivity index (χ1n) is 11.6. The van der Waals surface area contributed by atoms with E-state index in [4.69, 9.17) is 13.9 Å². The molecule has 5 atom stereocenters. The van der Waals surface area contributed by atoms with Crippen LogP contribution >= 0.6 is 0 Å². The molecule has 1 heterocycles. The van der Waals surface area contributed by atoms with Gasteiger partial charge in [0.15, 0.2) is 12.4 Å². The molecule has 1 aliphatic heterocycles. The van der Waals surface area contributed by atoms with Gasteiger partial charge in [0.1, 0.15) is 18.3 Å². The smallest absolute Gasteiger partial charge is 0.308 e. The van der Waals surface area contributed by atoms with Crippen molar-refractivity contribution >= 4 is 24.7 Å². The van der Waals surface area contributed by atoms with Crippen molar-refractivity contribution in [2.45, 2.75) is 70.4 Å². The lowest BCUT2D eigenvalue weighted by Gasteiger charge is -2.45. The van der Waals surface area contributed by atoms with Crippen LogP contribution in [0.25, 0.3) is 0 Å².